The molecule has 10 heteroatoms. The van der Waals surface area contributed by atoms with Gasteiger partial charge in [0.25, 0.3) is 0 Å². The van der Waals surface area contributed by atoms with Gasteiger partial charge in [-0.15, -0.1) is 0 Å². The first-order valence-corrected chi connectivity index (χ1v) is 14.2. The van der Waals surface area contributed by atoms with Crippen LogP contribution in [0, 0.1) is 6.92 Å². The van der Waals surface area contributed by atoms with E-state index in [0.717, 1.165) is 61.5 Å². The third kappa shape index (κ3) is 4.95. The highest BCUT2D eigenvalue weighted by atomic mass is 35.5. The molecule has 9 nitrogen and oxygen atoms in total. The lowest BCUT2D eigenvalue weighted by Crippen LogP contribution is -2.47. The zero-order valence-corrected chi connectivity index (χ0v) is 23.5. The molecule has 0 radical (unpaired) electrons. The molecule has 3 fully saturated rings. The summed E-state index contributed by atoms with van der Waals surface area (Å²) < 4.78 is 13.4. The topological polar surface area (TPSA) is 102 Å². The second kappa shape index (κ2) is 10.4. The molecule has 3 aliphatic rings. The van der Waals surface area contributed by atoms with Gasteiger partial charge in [0.1, 0.15) is 0 Å². The van der Waals surface area contributed by atoms with Crippen LogP contribution in [-0.2, 0) is 16.0 Å². The van der Waals surface area contributed by atoms with Crippen LogP contribution in [0.4, 0.5) is 5.95 Å². The quantitative estimate of drug-likeness (QED) is 0.473. The Balaban J connectivity index is 1.42. The normalized spacial score (nSPS) is 23.0. The Labute approximate surface area is 233 Å². The Morgan fingerprint density at radius 3 is 2.82 bits per heavy atom. The number of pyridine rings is 1. The van der Waals surface area contributed by atoms with Gasteiger partial charge in [-0.2, -0.15) is 0 Å². The second-order valence-electron chi connectivity index (χ2n) is 11.4. The summed E-state index contributed by atoms with van der Waals surface area (Å²) in [6, 6.07) is 5.74. The summed E-state index contributed by atoms with van der Waals surface area (Å²) in [7, 11) is 0. The number of aromatic nitrogens is 3. The number of fused-ring (bicyclic) bond motifs is 1. The molecule has 1 spiro atoms. The number of hydrogen-bond donors (Lipinski definition) is 2. The Kier molecular flexibility index (Phi) is 7.14. The van der Waals surface area contributed by atoms with Crippen LogP contribution in [0.15, 0.2) is 29.2 Å². The fraction of sp³-hybridized carbons (Fsp3) is 0.552. The summed E-state index contributed by atoms with van der Waals surface area (Å²) in [4.78, 5) is 25.2. The molecule has 1 saturated carbocycles. The lowest BCUT2D eigenvalue weighted by atomic mass is 10.0. The average Bonchev–Trinajstić information content (AvgIpc) is 3.70. The number of aliphatic hydroxyl groups excluding tert-OH is 1. The summed E-state index contributed by atoms with van der Waals surface area (Å²) >= 11 is 6.60. The lowest BCUT2D eigenvalue weighted by Gasteiger charge is -2.37. The molecule has 4 heterocycles. The van der Waals surface area contributed by atoms with Crippen LogP contribution in [0.2, 0.25) is 5.02 Å². The highest BCUT2D eigenvalue weighted by molar-refractivity contribution is 6.33. The minimum Gasteiger partial charge on any atom is -0.389 e. The van der Waals surface area contributed by atoms with Gasteiger partial charge in [-0.05, 0) is 52.2 Å². The number of aliphatic hydroxyl groups is 1. The van der Waals surface area contributed by atoms with Crippen LogP contribution < -0.4 is 10.7 Å². The van der Waals surface area contributed by atoms with Crippen molar-refractivity contribution in [1.82, 2.24) is 19.4 Å². The lowest BCUT2D eigenvalue weighted by molar-refractivity contribution is -0.0256. The van der Waals surface area contributed by atoms with E-state index in [1.165, 1.54) is 0 Å². The maximum atomic E-state index is 13.6. The van der Waals surface area contributed by atoms with Crippen molar-refractivity contribution in [2.24, 2.45) is 0 Å². The zero-order chi connectivity index (χ0) is 27.3. The minimum absolute atomic E-state index is 0.0613. The molecule has 208 valence electrons. The van der Waals surface area contributed by atoms with Gasteiger partial charge in [-0.1, -0.05) is 17.7 Å². The number of morpholine rings is 1. The number of rotatable bonds is 6. The number of ether oxygens (including phenoxy) is 2. The van der Waals surface area contributed by atoms with Crippen LogP contribution in [-0.4, -0.2) is 75.2 Å². The fourth-order valence-electron chi connectivity index (χ4n) is 6.01. The largest absolute Gasteiger partial charge is 0.389 e. The van der Waals surface area contributed by atoms with E-state index in [-0.39, 0.29) is 29.7 Å². The number of nitrogens with zero attached hydrogens (tertiary/aromatic N) is 4. The van der Waals surface area contributed by atoms with E-state index in [4.69, 9.17) is 26.1 Å². The van der Waals surface area contributed by atoms with Crippen LogP contribution in [0.1, 0.15) is 50.4 Å². The van der Waals surface area contributed by atoms with E-state index < -0.39 is 6.10 Å². The molecule has 1 aromatic carbocycles. The maximum absolute atomic E-state index is 13.6. The van der Waals surface area contributed by atoms with E-state index in [1.807, 2.05) is 25.1 Å². The Morgan fingerprint density at radius 2 is 2.08 bits per heavy atom. The van der Waals surface area contributed by atoms with Gasteiger partial charge < -0.3 is 24.5 Å². The molecule has 2 aliphatic heterocycles. The van der Waals surface area contributed by atoms with Gasteiger partial charge in [0.05, 0.1) is 54.4 Å². The van der Waals surface area contributed by atoms with Gasteiger partial charge >= 0.3 is 0 Å². The van der Waals surface area contributed by atoms with E-state index in [9.17, 15) is 9.90 Å². The highest BCUT2D eigenvalue weighted by Crippen LogP contribution is 2.44. The van der Waals surface area contributed by atoms with Gasteiger partial charge in [0.15, 0.2) is 5.43 Å². The smallest absolute Gasteiger partial charge is 0.223 e. The second-order valence-corrected chi connectivity index (χ2v) is 11.8. The third-order valence-corrected chi connectivity index (χ3v) is 8.73. The predicted molar refractivity (Wildman–Crippen MR) is 151 cm³/mol. The van der Waals surface area contributed by atoms with Crippen molar-refractivity contribution >= 4 is 28.5 Å². The molecule has 2 atom stereocenters. The van der Waals surface area contributed by atoms with E-state index in [1.54, 1.807) is 6.20 Å². The third-order valence-electron chi connectivity index (χ3n) is 8.46. The number of benzene rings is 1. The summed E-state index contributed by atoms with van der Waals surface area (Å²) in [5, 5.41) is 14.6. The SMILES string of the molecule is Cc1c(CN2CCOCC23CC3)n(C(C)C)c2cc(-c3nc(N[C@@H]4CCOC[C@H]4O)ncc3Cl)ccc2c1=O. The minimum atomic E-state index is -0.634. The molecule has 6 rings (SSSR count). The fourth-order valence-corrected chi connectivity index (χ4v) is 6.21. The molecule has 2 N–H and O–H groups in total. The first-order valence-electron chi connectivity index (χ1n) is 13.8. The molecule has 1 aliphatic carbocycles. The van der Waals surface area contributed by atoms with Crippen molar-refractivity contribution in [3.05, 3.63) is 50.9 Å². The van der Waals surface area contributed by atoms with Crippen molar-refractivity contribution in [2.45, 2.75) is 70.3 Å². The Bertz CT molecular complexity index is 1450. The summed E-state index contributed by atoms with van der Waals surface area (Å²) in [6.45, 7) is 10.2. The van der Waals surface area contributed by atoms with Gasteiger partial charge in [0.2, 0.25) is 5.95 Å². The summed E-state index contributed by atoms with van der Waals surface area (Å²) in [5.74, 6) is 0.397. The van der Waals surface area contributed by atoms with Gasteiger partial charge in [0, 0.05) is 53.5 Å². The molecule has 2 saturated heterocycles. The van der Waals surface area contributed by atoms with Crippen LogP contribution >= 0.6 is 11.6 Å². The first kappa shape index (κ1) is 26.7. The van der Waals surface area contributed by atoms with Crippen LogP contribution in [0.3, 0.4) is 0 Å². The summed E-state index contributed by atoms with van der Waals surface area (Å²) in [6.07, 6.45) is 3.88. The Hall–Kier alpha value is -2.56. The van der Waals surface area contributed by atoms with Crippen molar-refractivity contribution < 1.29 is 14.6 Å². The molecule has 0 bridgehead atoms. The van der Waals surface area contributed by atoms with Gasteiger partial charge in [-0.25, -0.2) is 9.97 Å². The van der Waals surface area contributed by atoms with Crippen LogP contribution in [0.25, 0.3) is 22.2 Å². The molecule has 39 heavy (non-hydrogen) atoms. The highest BCUT2D eigenvalue weighted by Gasteiger charge is 2.50. The van der Waals surface area contributed by atoms with E-state index in [2.05, 4.69) is 33.6 Å². The maximum Gasteiger partial charge on any atom is 0.223 e. The monoisotopic (exact) mass is 553 g/mol. The van der Waals surface area contributed by atoms with Crippen molar-refractivity contribution in [3.63, 3.8) is 0 Å². The van der Waals surface area contributed by atoms with Crippen molar-refractivity contribution in [3.8, 4) is 11.3 Å². The molecular weight excluding hydrogens is 518 g/mol. The summed E-state index contributed by atoms with van der Waals surface area (Å²) in [5.41, 5.74) is 4.29. The Morgan fingerprint density at radius 1 is 1.26 bits per heavy atom. The standard InChI is InChI=1S/C29H36ClN5O4/c1-17(2)35-23-12-19(26-21(30)13-31-28(33-26)32-22-6-10-38-15-25(22)36)4-5-20(23)27(37)18(3)24(35)14-34-9-11-39-16-29(34)7-8-29/h4-5,12-13,17,22,25,36H,6-11,14-16H2,1-3H3,(H,31,32,33)/t22-,25-/m1/s1. The average molecular weight is 554 g/mol. The number of anilines is 1. The number of halogens is 1. The number of hydrogen-bond acceptors (Lipinski definition) is 8. The van der Waals surface area contributed by atoms with Crippen molar-refractivity contribution in [1.29, 1.82) is 0 Å². The molecular formula is C29H36ClN5O4. The molecule has 0 amide bonds. The van der Waals surface area contributed by atoms with E-state index >= 15 is 0 Å². The molecule has 2 aromatic heterocycles. The van der Waals surface area contributed by atoms with Crippen LogP contribution in [0.5, 0.6) is 0 Å². The molecule has 3 aromatic rings. The zero-order valence-electron chi connectivity index (χ0n) is 22.7. The molecule has 0 unspecified atom stereocenters. The number of nitrogens with one attached hydrogen (secondary N) is 1. The van der Waals surface area contributed by atoms with Gasteiger partial charge in [-0.3, -0.25) is 9.69 Å². The predicted octanol–water partition coefficient (Wildman–Crippen LogP) is 3.93. The van der Waals surface area contributed by atoms with Crippen molar-refractivity contribution in [2.75, 3.05) is 38.3 Å². The van der Waals surface area contributed by atoms with E-state index in [0.29, 0.717) is 35.1 Å². The first-order chi connectivity index (χ1) is 18.8.